The Kier molecular flexibility index (Phi) is 5.50. The number of nitrogens with zero attached hydrogens (tertiary/aromatic N) is 4. The fourth-order valence-electron chi connectivity index (χ4n) is 3.95. The summed E-state index contributed by atoms with van der Waals surface area (Å²) in [6.07, 6.45) is 6.23. The number of rotatable bonds is 6. The van der Waals surface area contributed by atoms with E-state index >= 15 is 0 Å². The molecule has 1 saturated heterocycles. The van der Waals surface area contributed by atoms with Crippen LogP contribution >= 0.6 is 0 Å². The molecule has 0 aliphatic carbocycles. The van der Waals surface area contributed by atoms with Gasteiger partial charge in [-0.3, -0.25) is 9.59 Å². The van der Waals surface area contributed by atoms with Crippen LogP contribution in [0.2, 0.25) is 0 Å². The number of hydrogen-bond donors (Lipinski definition) is 1. The van der Waals surface area contributed by atoms with Gasteiger partial charge in [0.05, 0.1) is 0 Å². The van der Waals surface area contributed by atoms with E-state index in [0.717, 1.165) is 19.4 Å². The van der Waals surface area contributed by atoms with Crippen LogP contribution in [0.1, 0.15) is 36.8 Å². The number of fused-ring (bicyclic) bond motifs is 1. The molecule has 1 atom stereocenters. The standard InChI is InChI=1S/C21H25N5O2/c27-19(25-14-16-6-1-2-7-17(16)15-25)9-3-10-22-20(28)18-8-4-13-26(18)21-23-11-5-12-24-21/h1-2,5-7,11-12,18H,3-4,8-10,13-15H2,(H,22,28)/t18-/m1/s1. The third-order valence-electron chi connectivity index (χ3n) is 5.42. The number of anilines is 1. The maximum Gasteiger partial charge on any atom is 0.242 e. The Morgan fingerprint density at radius 2 is 1.79 bits per heavy atom. The van der Waals surface area contributed by atoms with Crippen LogP contribution in [0, 0.1) is 0 Å². The van der Waals surface area contributed by atoms with Gasteiger partial charge in [0.2, 0.25) is 17.8 Å². The first-order valence-electron chi connectivity index (χ1n) is 9.88. The molecule has 1 aromatic heterocycles. The van der Waals surface area contributed by atoms with E-state index in [1.165, 1.54) is 11.1 Å². The second kappa shape index (κ2) is 8.37. The molecule has 28 heavy (non-hydrogen) atoms. The Labute approximate surface area is 164 Å². The second-order valence-corrected chi connectivity index (χ2v) is 7.31. The lowest BCUT2D eigenvalue weighted by atomic mass is 10.1. The summed E-state index contributed by atoms with van der Waals surface area (Å²) >= 11 is 0. The quantitative estimate of drug-likeness (QED) is 0.776. The molecule has 2 aromatic rings. The lowest BCUT2D eigenvalue weighted by molar-refractivity contribution is -0.132. The van der Waals surface area contributed by atoms with Crippen LogP contribution in [-0.2, 0) is 22.7 Å². The van der Waals surface area contributed by atoms with Crippen LogP contribution < -0.4 is 10.2 Å². The van der Waals surface area contributed by atoms with Gasteiger partial charge >= 0.3 is 0 Å². The van der Waals surface area contributed by atoms with E-state index < -0.39 is 0 Å². The van der Waals surface area contributed by atoms with Gasteiger partial charge in [-0.25, -0.2) is 9.97 Å². The topological polar surface area (TPSA) is 78.4 Å². The summed E-state index contributed by atoms with van der Waals surface area (Å²) < 4.78 is 0. The minimum absolute atomic E-state index is 0.00835. The molecule has 4 rings (SSSR count). The van der Waals surface area contributed by atoms with Crippen LogP contribution in [-0.4, -0.2) is 45.8 Å². The number of hydrogen-bond acceptors (Lipinski definition) is 5. The summed E-state index contributed by atoms with van der Waals surface area (Å²) in [4.78, 5) is 37.4. The lowest BCUT2D eigenvalue weighted by Gasteiger charge is -2.23. The van der Waals surface area contributed by atoms with E-state index in [2.05, 4.69) is 27.4 Å². The summed E-state index contributed by atoms with van der Waals surface area (Å²) in [5.41, 5.74) is 2.46. The summed E-state index contributed by atoms with van der Waals surface area (Å²) in [7, 11) is 0. The van der Waals surface area contributed by atoms with E-state index in [0.29, 0.717) is 38.4 Å². The van der Waals surface area contributed by atoms with Crippen molar-refractivity contribution in [2.45, 2.75) is 44.8 Å². The second-order valence-electron chi connectivity index (χ2n) is 7.31. The summed E-state index contributed by atoms with van der Waals surface area (Å²) in [6.45, 7) is 2.67. The first kappa shape index (κ1) is 18.4. The highest BCUT2D eigenvalue weighted by atomic mass is 16.2. The first-order valence-corrected chi connectivity index (χ1v) is 9.88. The molecule has 2 amide bonds. The predicted octanol–water partition coefficient (Wildman–Crippen LogP) is 1.88. The van der Waals surface area contributed by atoms with Crippen molar-refractivity contribution < 1.29 is 9.59 Å². The highest BCUT2D eigenvalue weighted by molar-refractivity contribution is 5.85. The molecular formula is C21H25N5O2. The minimum atomic E-state index is -0.230. The molecule has 3 heterocycles. The van der Waals surface area contributed by atoms with Crippen molar-refractivity contribution in [3.8, 4) is 0 Å². The molecule has 0 spiro atoms. The van der Waals surface area contributed by atoms with Gasteiger partial charge in [-0.15, -0.1) is 0 Å². The molecule has 146 valence electrons. The lowest BCUT2D eigenvalue weighted by Crippen LogP contribution is -2.44. The molecule has 2 aliphatic heterocycles. The van der Waals surface area contributed by atoms with Gasteiger partial charge in [-0.2, -0.15) is 0 Å². The van der Waals surface area contributed by atoms with Crippen molar-refractivity contribution in [2.24, 2.45) is 0 Å². The highest BCUT2D eigenvalue weighted by Gasteiger charge is 2.32. The Morgan fingerprint density at radius 1 is 1.07 bits per heavy atom. The summed E-state index contributed by atoms with van der Waals surface area (Å²) in [6, 6.07) is 9.71. The van der Waals surface area contributed by atoms with Crippen molar-refractivity contribution in [3.63, 3.8) is 0 Å². The van der Waals surface area contributed by atoms with Crippen LogP contribution in [0.5, 0.6) is 0 Å². The summed E-state index contributed by atoms with van der Waals surface area (Å²) in [5, 5.41) is 2.98. The average Bonchev–Trinajstić information content (AvgIpc) is 3.38. The van der Waals surface area contributed by atoms with Crippen molar-refractivity contribution in [1.29, 1.82) is 0 Å². The van der Waals surface area contributed by atoms with Crippen molar-refractivity contribution >= 4 is 17.8 Å². The molecule has 7 heteroatoms. The fourth-order valence-corrected chi connectivity index (χ4v) is 3.95. The van der Waals surface area contributed by atoms with Crippen LogP contribution in [0.25, 0.3) is 0 Å². The first-order chi connectivity index (χ1) is 13.7. The maximum absolute atomic E-state index is 12.6. The zero-order chi connectivity index (χ0) is 19.3. The molecule has 0 radical (unpaired) electrons. The SMILES string of the molecule is O=C(NCCCC(=O)N1Cc2ccccc2C1)[C@H]1CCCN1c1ncccn1. The van der Waals surface area contributed by atoms with Crippen LogP contribution in [0.4, 0.5) is 5.95 Å². The monoisotopic (exact) mass is 379 g/mol. The molecule has 2 aliphatic rings. The fraction of sp³-hybridized carbons (Fsp3) is 0.429. The largest absolute Gasteiger partial charge is 0.354 e. The highest BCUT2D eigenvalue weighted by Crippen LogP contribution is 2.23. The van der Waals surface area contributed by atoms with Gasteiger partial charge in [-0.1, -0.05) is 24.3 Å². The van der Waals surface area contributed by atoms with Crippen molar-refractivity contribution in [3.05, 3.63) is 53.9 Å². The van der Waals surface area contributed by atoms with E-state index in [4.69, 9.17) is 0 Å². The molecular weight excluding hydrogens is 354 g/mol. The molecule has 7 nitrogen and oxygen atoms in total. The third-order valence-corrected chi connectivity index (χ3v) is 5.42. The number of aromatic nitrogens is 2. The minimum Gasteiger partial charge on any atom is -0.354 e. The van der Waals surface area contributed by atoms with Crippen LogP contribution in [0.15, 0.2) is 42.7 Å². The molecule has 0 unspecified atom stereocenters. The van der Waals surface area contributed by atoms with Gasteiger partial charge in [-0.05, 0) is 36.5 Å². The Balaban J connectivity index is 1.21. The molecule has 0 bridgehead atoms. The smallest absolute Gasteiger partial charge is 0.242 e. The zero-order valence-corrected chi connectivity index (χ0v) is 15.9. The Morgan fingerprint density at radius 3 is 2.50 bits per heavy atom. The van der Waals surface area contributed by atoms with Gasteiger partial charge in [0.15, 0.2) is 0 Å². The number of carbonyl (C=O) groups excluding carboxylic acids is 2. The molecule has 1 N–H and O–H groups in total. The van der Waals surface area contributed by atoms with Crippen molar-refractivity contribution in [2.75, 3.05) is 18.0 Å². The van der Waals surface area contributed by atoms with E-state index in [1.807, 2.05) is 21.9 Å². The Bertz CT molecular complexity index is 817. The van der Waals surface area contributed by atoms with Gasteiger partial charge in [0.1, 0.15) is 6.04 Å². The molecule has 1 fully saturated rings. The van der Waals surface area contributed by atoms with Gasteiger partial charge in [0.25, 0.3) is 0 Å². The maximum atomic E-state index is 12.6. The number of carbonyl (C=O) groups is 2. The average molecular weight is 379 g/mol. The zero-order valence-electron chi connectivity index (χ0n) is 15.9. The summed E-state index contributed by atoms with van der Waals surface area (Å²) in [5.74, 6) is 0.737. The number of nitrogens with one attached hydrogen (secondary N) is 1. The normalized spacial score (nSPS) is 18.2. The van der Waals surface area contributed by atoms with E-state index in [1.54, 1.807) is 18.5 Å². The predicted molar refractivity (Wildman–Crippen MR) is 105 cm³/mol. The van der Waals surface area contributed by atoms with E-state index in [-0.39, 0.29) is 17.9 Å². The van der Waals surface area contributed by atoms with Gasteiger partial charge in [0, 0.05) is 45.0 Å². The van der Waals surface area contributed by atoms with E-state index in [9.17, 15) is 9.59 Å². The number of benzene rings is 1. The number of amides is 2. The molecule has 1 aromatic carbocycles. The van der Waals surface area contributed by atoms with Gasteiger partial charge < -0.3 is 15.1 Å². The van der Waals surface area contributed by atoms with Crippen molar-refractivity contribution in [1.82, 2.24) is 20.2 Å². The third kappa shape index (κ3) is 3.98. The molecule has 0 saturated carbocycles. The Hall–Kier alpha value is -2.96. The van der Waals surface area contributed by atoms with Crippen LogP contribution in [0.3, 0.4) is 0 Å².